The lowest BCUT2D eigenvalue weighted by Crippen LogP contribution is -2.36. The molecule has 0 atom stereocenters. The Morgan fingerprint density at radius 2 is 1.79 bits per heavy atom. The highest BCUT2D eigenvalue weighted by Crippen LogP contribution is 2.27. The summed E-state index contributed by atoms with van der Waals surface area (Å²) in [4.78, 5) is 36.8. The van der Waals surface area contributed by atoms with E-state index < -0.39 is 24.5 Å². The number of imide groups is 1. The van der Waals surface area contributed by atoms with Crippen LogP contribution in [0, 0.1) is 27.7 Å². The van der Waals surface area contributed by atoms with Crippen LogP contribution >= 0.6 is 0 Å². The number of esters is 1. The number of hydrogen-bond acceptors (Lipinski definition) is 4. The van der Waals surface area contributed by atoms with Gasteiger partial charge in [-0.1, -0.05) is 18.2 Å². The second-order valence-corrected chi connectivity index (χ2v) is 6.86. The van der Waals surface area contributed by atoms with Gasteiger partial charge in [0.25, 0.3) is 5.91 Å². The van der Waals surface area contributed by atoms with E-state index in [0.29, 0.717) is 0 Å². The lowest BCUT2D eigenvalue weighted by molar-refractivity contribution is -0.143. The highest BCUT2D eigenvalue weighted by atomic mass is 16.5. The zero-order valence-electron chi connectivity index (χ0n) is 16.6. The Balaban J connectivity index is 2.00. The van der Waals surface area contributed by atoms with Crippen molar-refractivity contribution < 1.29 is 19.1 Å². The quantitative estimate of drug-likeness (QED) is 0.502. The van der Waals surface area contributed by atoms with Crippen LogP contribution in [0.5, 0.6) is 0 Å². The third-order valence-electron chi connectivity index (χ3n) is 4.91. The first kappa shape index (κ1) is 19.4. The van der Waals surface area contributed by atoms with Crippen molar-refractivity contribution in [1.82, 2.24) is 14.8 Å². The number of benzene rings is 1. The van der Waals surface area contributed by atoms with E-state index in [2.05, 4.69) is 40.6 Å². The summed E-state index contributed by atoms with van der Waals surface area (Å²) >= 11 is 0. The average Bonchev–Trinajstić information content (AvgIpc) is 3.06. The highest BCUT2D eigenvalue weighted by molar-refractivity contribution is 6.15. The lowest BCUT2D eigenvalue weighted by Gasteiger charge is -2.15. The SMILES string of the molecule is COC(=O)CN1C(=O)N/C(=C/c2cc(C)n(-c3c(C)cccc3C)c2C)C1=O. The third kappa shape index (κ3) is 3.31. The lowest BCUT2D eigenvalue weighted by atomic mass is 10.1. The molecule has 0 radical (unpaired) electrons. The molecular weight excluding hydrogens is 358 g/mol. The minimum absolute atomic E-state index is 0.135. The van der Waals surface area contributed by atoms with Crippen LogP contribution in [-0.2, 0) is 14.3 Å². The van der Waals surface area contributed by atoms with Crippen LogP contribution in [0.2, 0.25) is 0 Å². The number of rotatable bonds is 4. The number of carbonyl (C=O) groups is 3. The molecule has 0 spiro atoms. The molecule has 7 nitrogen and oxygen atoms in total. The van der Waals surface area contributed by atoms with Gasteiger partial charge in [-0.05, 0) is 56.5 Å². The molecule has 28 heavy (non-hydrogen) atoms. The summed E-state index contributed by atoms with van der Waals surface area (Å²) in [5.74, 6) is -1.20. The molecule has 3 rings (SSSR count). The standard InChI is InChI=1S/C21H23N3O4/c1-12-7-6-8-13(2)19(12)24-14(3)9-16(15(24)4)10-17-20(26)23(21(27)22-17)11-18(25)28-5/h6-10H,11H2,1-5H3,(H,22,27)/b17-10+. The van der Waals surface area contributed by atoms with Gasteiger partial charge in [-0.15, -0.1) is 0 Å². The molecule has 1 aliphatic rings. The molecular formula is C21H23N3O4. The molecule has 146 valence electrons. The smallest absolute Gasteiger partial charge is 0.329 e. The van der Waals surface area contributed by atoms with Crippen LogP contribution in [0.25, 0.3) is 11.8 Å². The molecule has 7 heteroatoms. The molecule has 0 aliphatic carbocycles. The molecule has 0 bridgehead atoms. The number of nitrogens with zero attached hydrogens (tertiary/aromatic N) is 2. The summed E-state index contributed by atoms with van der Waals surface area (Å²) in [5, 5.41) is 2.53. The summed E-state index contributed by atoms with van der Waals surface area (Å²) in [7, 11) is 1.21. The van der Waals surface area contributed by atoms with Gasteiger partial charge in [0.2, 0.25) is 0 Å². The number of amides is 3. The van der Waals surface area contributed by atoms with Gasteiger partial charge >= 0.3 is 12.0 Å². The van der Waals surface area contributed by atoms with Crippen molar-refractivity contribution in [2.45, 2.75) is 27.7 Å². The number of carbonyl (C=O) groups excluding carboxylic acids is 3. The van der Waals surface area contributed by atoms with Gasteiger partial charge in [-0.2, -0.15) is 0 Å². The largest absolute Gasteiger partial charge is 0.468 e. The molecule has 0 saturated carbocycles. The highest BCUT2D eigenvalue weighted by Gasteiger charge is 2.35. The van der Waals surface area contributed by atoms with E-state index in [1.165, 1.54) is 7.11 Å². The minimum Gasteiger partial charge on any atom is -0.468 e. The van der Waals surface area contributed by atoms with Crippen molar-refractivity contribution in [3.05, 3.63) is 58.0 Å². The fourth-order valence-corrected chi connectivity index (χ4v) is 3.50. The van der Waals surface area contributed by atoms with Gasteiger partial charge in [-0.3, -0.25) is 9.59 Å². The summed E-state index contributed by atoms with van der Waals surface area (Å²) in [6.07, 6.45) is 1.64. The van der Waals surface area contributed by atoms with Crippen molar-refractivity contribution in [3.63, 3.8) is 0 Å². The van der Waals surface area contributed by atoms with Crippen molar-refractivity contribution in [1.29, 1.82) is 0 Å². The average molecular weight is 381 g/mol. The normalized spacial score (nSPS) is 15.3. The Morgan fingerprint density at radius 3 is 2.39 bits per heavy atom. The molecule has 1 N–H and O–H groups in total. The minimum atomic E-state index is -0.655. The molecule has 3 amide bonds. The van der Waals surface area contributed by atoms with Crippen LogP contribution in [0.4, 0.5) is 4.79 Å². The van der Waals surface area contributed by atoms with E-state index in [1.807, 2.05) is 26.0 Å². The number of aryl methyl sites for hydroxylation is 3. The van der Waals surface area contributed by atoms with E-state index in [1.54, 1.807) is 6.08 Å². The van der Waals surface area contributed by atoms with Crippen molar-refractivity contribution in [3.8, 4) is 5.69 Å². The fraction of sp³-hybridized carbons (Fsp3) is 0.286. The fourth-order valence-electron chi connectivity index (χ4n) is 3.50. The van der Waals surface area contributed by atoms with Gasteiger partial charge in [-0.25, -0.2) is 9.69 Å². The second-order valence-electron chi connectivity index (χ2n) is 6.86. The summed E-state index contributed by atoms with van der Waals surface area (Å²) in [5.41, 5.74) is 6.34. The van der Waals surface area contributed by atoms with E-state index in [4.69, 9.17) is 0 Å². The molecule has 1 aromatic heterocycles. The van der Waals surface area contributed by atoms with Crippen LogP contribution < -0.4 is 5.32 Å². The molecule has 2 heterocycles. The first-order chi connectivity index (χ1) is 13.2. The molecule has 1 aliphatic heterocycles. The van der Waals surface area contributed by atoms with E-state index in [0.717, 1.165) is 38.7 Å². The molecule has 1 saturated heterocycles. The van der Waals surface area contributed by atoms with Gasteiger partial charge in [0, 0.05) is 11.4 Å². The third-order valence-corrected chi connectivity index (χ3v) is 4.91. The maximum absolute atomic E-state index is 12.5. The number of urea groups is 1. The van der Waals surface area contributed by atoms with Crippen LogP contribution in [0.1, 0.15) is 28.1 Å². The van der Waals surface area contributed by atoms with Gasteiger partial charge in [0.1, 0.15) is 12.2 Å². The maximum Gasteiger partial charge on any atom is 0.329 e. The summed E-state index contributed by atoms with van der Waals surface area (Å²) in [6.45, 7) is 7.67. The van der Waals surface area contributed by atoms with Crippen molar-refractivity contribution >= 4 is 24.0 Å². The van der Waals surface area contributed by atoms with E-state index >= 15 is 0 Å². The second kappa shape index (κ2) is 7.34. The number of para-hydroxylation sites is 1. The van der Waals surface area contributed by atoms with Crippen molar-refractivity contribution in [2.24, 2.45) is 0 Å². The van der Waals surface area contributed by atoms with Gasteiger partial charge in [0.05, 0.1) is 12.8 Å². The molecule has 1 aromatic carbocycles. The Labute approximate surface area is 163 Å². The zero-order valence-corrected chi connectivity index (χ0v) is 16.6. The zero-order chi connectivity index (χ0) is 20.6. The topological polar surface area (TPSA) is 80.6 Å². The Bertz CT molecular complexity index is 997. The molecule has 1 fully saturated rings. The first-order valence-corrected chi connectivity index (χ1v) is 8.91. The molecule has 0 unspecified atom stereocenters. The number of methoxy groups -OCH3 is 1. The Hall–Kier alpha value is -3.35. The molecule has 2 aromatic rings. The predicted molar refractivity (Wildman–Crippen MR) is 105 cm³/mol. The summed E-state index contributed by atoms with van der Waals surface area (Å²) in [6, 6.07) is 7.48. The Morgan fingerprint density at radius 1 is 1.14 bits per heavy atom. The predicted octanol–water partition coefficient (Wildman–Crippen LogP) is 2.78. The Kier molecular flexibility index (Phi) is 5.09. The van der Waals surface area contributed by atoms with E-state index in [-0.39, 0.29) is 5.70 Å². The number of nitrogens with one attached hydrogen (secondary N) is 1. The van der Waals surface area contributed by atoms with Crippen LogP contribution in [-0.4, -0.2) is 41.0 Å². The first-order valence-electron chi connectivity index (χ1n) is 8.91. The van der Waals surface area contributed by atoms with Gasteiger partial charge < -0.3 is 14.6 Å². The number of hydrogen-bond donors (Lipinski definition) is 1. The number of aromatic nitrogens is 1. The number of ether oxygens (including phenoxy) is 1. The monoisotopic (exact) mass is 381 g/mol. The summed E-state index contributed by atoms with van der Waals surface area (Å²) < 4.78 is 6.68. The maximum atomic E-state index is 12.5. The van der Waals surface area contributed by atoms with Crippen molar-refractivity contribution in [2.75, 3.05) is 13.7 Å². The van der Waals surface area contributed by atoms with Crippen LogP contribution in [0.15, 0.2) is 30.0 Å². The van der Waals surface area contributed by atoms with Gasteiger partial charge in [0.15, 0.2) is 0 Å². The van der Waals surface area contributed by atoms with E-state index in [9.17, 15) is 14.4 Å². The van der Waals surface area contributed by atoms with Crippen LogP contribution in [0.3, 0.4) is 0 Å².